The summed E-state index contributed by atoms with van der Waals surface area (Å²) < 4.78 is 0. The molecule has 1 atom stereocenters. The van der Waals surface area contributed by atoms with E-state index in [0.29, 0.717) is 18.4 Å². The van der Waals surface area contributed by atoms with Crippen molar-refractivity contribution in [1.82, 2.24) is 15.5 Å². The Balaban J connectivity index is 1.66. The first-order valence-corrected chi connectivity index (χ1v) is 9.88. The number of aliphatic hydroxyl groups is 1. The predicted molar refractivity (Wildman–Crippen MR) is 98.0 cm³/mol. The van der Waals surface area contributed by atoms with E-state index in [-0.39, 0.29) is 18.1 Å². The van der Waals surface area contributed by atoms with Crippen molar-refractivity contribution >= 4 is 6.03 Å². The molecule has 1 unspecified atom stereocenters. The van der Waals surface area contributed by atoms with Gasteiger partial charge in [0, 0.05) is 32.8 Å². The second kappa shape index (κ2) is 9.62. The minimum absolute atomic E-state index is 0.0415. The quantitative estimate of drug-likeness (QED) is 0.637. The maximum Gasteiger partial charge on any atom is 0.314 e. The molecule has 5 nitrogen and oxygen atoms in total. The van der Waals surface area contributed by atoms with Gasteiger partial charge in [0.15, 0.2) is 0 Å². The van der Waals surface area contributed by atoms with Crippen LogP contribution in [0.1, 0.15) is 58.8 Å². The van der Waals surface area contributed by atoms with Crippen LogP contribution in [0.3, 0.4) is 0 Å². The molecule has 2 fully saturated rings. The monoisotopic (exact) mass is 339 g/mol. The van der Waals surface area contributed by atoms with Crippen LogP contribution < -0.4 is 10.6 Å². The van der Waals surface area contributed by atoms with Gasteiger partial charge in [-0.05, 0) is 49.5 Å². The van der Waals surface area contributed by atoms with Gasteiger partial charge in [0.2, 0.25) is 0 Å². The summed E-state index contributed by atoms with van der Waals surface area (Å²) in [5.74, 6) is 1.29. The highest BCUT2D eigenvalue weighted by Gasteiger charge is 2.32. The molecule has 0 spiro atoms. The van der Waals surface area contributed by atoms with Gasteiger partial charge in [-0.1, -0.05) is 33.1 Å². The topological polar surface area (TPSA) is 64.6 Å². The van der Waals surface area contributed by atoms with E-state index in [9.17, 15) is 9.90 Å². The van der Waals surface area contributed by atoms with Crippen molar-refractivity contribution < 1.29 is 9.90 Å². The fourth-order valence-corrected chi connectivity index (χ4v) is 4.38. The molecule has 0 aromatic rings. The molecule has 24 heavy (non-hydrogen) atoms. The Morgan fingerprint density at radius 3 is 2.67 bits per heavy atom. The molecule has 3 N–H and O–H groups in total. The van der Waals surface area contributed by atoms with Gasteiger partial charge in [-0.25, -0.2) is 4.79 Å². The number of urea groups is 1. The Morgan fingerprint density at radius 2 is 2.00 bits per heavy atom. The molecule has 0 radical (unpaired) electrons. The van der Waals surface area contributed by atoms with Crippen LogP contribution in [0.25, 0.3) is 0 Å². The second-order valence-electron chi connectivity index (χ2n) is 8.41. The maximum absolute atomic E-state index is 12.1. The number of nitrogens with zero attached hydrogens (tertiary/aromatic N) is 1. The average Bonchev–Trinajstić information content (AvgIpc) is 2.99. The van der Waals surface area contributed by atoms with Gasteiger partial charge in [-0.3, -0.25) is 0 Å². The lowest BCUT2D eigenvalue weighted by Crippen LogP contribution is -2.45. The molecule has 0 bridgehead atoms. The Morgan fingerprint density at radius 1 is 1.25 bits per heavy atom. The van der Waals surface area contributed by atoms with Crippen LogP contribution in [-0.2, 0) is 0 Å². The van der Waals surface area contributed by atoms with Crippen LogP contribution in [-0.4, -0.2) is 55.4 Å². The molecular formula is C19H37N3O2. The van der Waals surface area contributed by atoms with Gasteiger partial charge in [0.25, 0.3) is 0 Å². The first kappa shape index (κ1) is 19.5. The summed E-state index contributed by atoms with van der Waals surface area (Å²) >= 11 is 0. The van der Waals surface area contributed by atoms with Crippen LogP contribution in [0.4, 0.5) is 4.79 Å². The SMILES string of the molecule is CC(C)CN1CCC(CNC(=O)NCC2(CCO)CCCCC2)C1. The van der Waals surface area contributed by atoms with Crippen molar-refractivity contribution in [1.29, 1.82) is 0 Å². The first-order chi connectivity index (χ1) is 11.5. The minimum Gasteiger partial charge on any atom is -0.396 e. The van der Waals surface area contributed by atoms with Crippen LogP contribution in [0.5, 0.6) is 0 Å². The zero-order valence-corrected chi connectivity index (χ0v) is 15.6. The second-order valence-corrected chi connectivity index (χ2v) is 8.41. The van der Waals surface area contributed by atoms with Crippen LogP contribution in [0, 0.1) is 17.3 Å². The van der Waals surface area contributed by atoms with Gasteiger partial charge in [0.1, 0.15) is 0 Å². The van der Waals surface area contributed by atoms with Gasteiger partial charge < -0.3 is 20.6 Å². The van der Waals surface area contributed by atoms with Crippen LogP contribution >= 0.6 is 0 Å². The predicted octanol–water partition coefficient (Wildman–Crippen LogP) is 2.60. The number of hydrogen-bond acceptors (Lipinski definition) is 3. The van der Waals surface area contributed by atoms with Crippen LogP contribution in [0.2, 0.25) is 0 Å². The van der Waals surface area contributed by atoms with Crippen LogP contribution in [0.15, 0.2) is 0 Å². The van der Waals surface area contributed by atoms with Crippen molar-refractivity contribution in [2.45, 2.75) is 58.8 Å². The molecule has 1 saturated heterocycles. The lowest BCUT2D eigenvalue weighted by molar-refractivity contribution is 0.127. The molecule has 1 aliphatic heterocycles. The van der Waals surface area contributed by atoms with Crippen molar-refractivity contribution in [2.75, 3.05) is 39.3 Å². The third-order valence-corrected chi connectivity index (χ3v) is 5.72. The lowest BCUT2D eigenvalue weighted by Gasteiger charge is -2.37. The third-order valence-electron chi connectivity index (χ3n) is 5.72. The largest absolute Gasteiger partial charge is 0.396 e. The van der Waals surface area contributed by atoms with Gasteiger partial charge in [-0.15, -0.1) is 0 Å². The summed E-state index contributed by atoms with van der Waals surface area (Å²) in [5, 5.41) is 15.5. The summed E-state index contributed by atoms with van der Waals surface area (Å²) in [6.45, 7) is 9.62. The summed E-state index contributed by atoms with van der Waals surface area (Å²) in [6, 6.07) is -0.0415. The molecular weight excluding hydrogens is 302 g/mol. The van der Waals surface area contributed by atoms with Crippen molar-refractivity contribution in [2.24, 2.45) is 17.3 Å². The molecule has 2 rings (SSSR count). The molecule has 140 valence electrons. The molecule has 0 aromatic carbocycles. The summed E-state index contributed by atoms with van der Waals surface area (Å²) in [7, 11) is 0. The molecule has 5 heteroatoms. The summed E-state index contributed by atoms with van der Waals surface area (Å²) in [5.41, 5.74) is 0.117. The van der Waals surface area contributed by atoms with Gasteiger partial charge in [-0.2, -0.15) is 0 Å². The normalized spacial score (nSPS) is 24.2. The maximum atomic E-state index is 12.1. The van der Waals surface area contributed by atoms with E-state index < -0.39 is 0 Å². The molecule has 1 aliphatic carbocycles. The number of carbonyl (C=O) groups is 1. The number of nitrogens with one attached hydrogen (secondary N) is 2. The average molecular weight is 340 g/mol. The van der Waals surface area contributed by atoms with E-state index in [1.807, 2.05) is 0 Å². The zero-order chi connectivity index (χ0) is 17.4. The highest BCUT2D eigenvalue weighted by atomic mass is 16.3. The number of amides is 2. The highest BCUT2D eigenvalue weighted by Crippen LogP contribution is 2.38. The Bertz CT molecular complexity index is 375. The zero-order valence-electron chi connectivity index (χ0n) is 15.6. The number of rotatable bonds is 8. The molecule has 0 aromatic heterocycles. The molecule has 1 heterocycles. The minimum atomic E-state index is -0.0415. The molecule has 2 aliphatic rings. The molecule has 2 amide bonds. The van der Waals surface area contributed by atoms with Crippen molar-refractivity contribution in [3.05, 3.63) is 0 Å². The first-order valence-electron chi connectivity index (χ1n) is 9.88. The number of hydrogen-bond donors (Lipinski definition) is 3. The van der Waals surface area contributed by atoms with Crippen molar-refractivity contribution in [3.63, 3.8) is 0 Å². The van der Waals surface area contributed by atoms with E-state index in [0.717, 1.165) is 45.4 Å². The van der Waals surface area contributed by atoms with E-state index in [1.165, 1.54) is 25.7 Å². The number of aliphatic hydroxyl groups excluding tert-OH is 1. The summed E-state index contributed by atoms with van der Waals surface area (Å²) in [6.07, 6.45) is 7.96. The lowest BCUT2D eigenvalue weighted by atomic mass is 9.72. The fraction of sp³-hybridized carbons (Fsp3) is 0.947. The van der Waals surface area contributed by atoms with E-state index >= 15 is 0 Å². The standard InChI is InChI=1S/C19H37N3O2/c1-16(2)13-22-10-6-17(14-22)12-20-18(24)21-15-19(9-11-23)7-4-3-5-8-19/h16-17,23H,3-15H2,1-2H3,(H2,20,21,24). The smallest absolute Gasteiger partial charge is 0.314 e. The Labute approximate surface area is 147 Å². The van der Waals surface area contributed by atoms with E-state index in [2.05, 4.69) is 29.4 Å². The Hall–Kier alpha value is -0.810. The fourth-order valence-electron chi connectivity index (χ4n) is 4.38. The number of likely N-dealkylation sites (tertiary alicyclic amines) is 1. The molecule has 1 saturated carbocycles. The summed E-state index contributed by atoms with van der Waals surface area (Å²) in [4.78, 5) is 14.7. The number of carbonyl (C=O) groups excluding carboxylic acids is 1. The van der Waals surface area contributed by atoms with Gasteiger partial charge >= 0.3 is 6.03 Å². The van der Waals surface area contributed by atoms with Crippen molar-refractivity contribution in [3.8, 4) is 0 Å². The van der Waals surface area contributed by atoms with E-state index in [4.69, 9.17) is 0 Å². The van der Waals surface area contributed by atoms with Gasteiger partial charge in [0.05, 0.1) is 0 Å². The van der Waals surface area contributed by atoms with E-state index in [1.54, 1.807) is 0 Å². The third kappa shape index (κ3) is 6.25. The Kier molecular flexibility index (Phi) is 7.82. The highest BCUT2D eigenvalue weighted by molar-refractivity contribution is 5.73.